The second-order valence-corrected chi connectivity index (χ2v) is 18.0. The highest BCUT2D eigenvalue weighted by Crippen LogP contribution is 2.53. The molecule has 1 aliphatic carbocycles. The SMILES string of the molecule is COC(=O)C1N2C(=O)C(NC(=O)Cc3ccc4c(c3)OC3CC(=O)C=CC43CC(=O)NC3C(=O)N4C3SC(C)(C)C4C(=O)OC)C2SC1(C)C. The highest BCUT2D eigenvalue weighted by atomic mass is 32.2. The molecule has 14 nitrogen and oxygen atoms in total. The van der Waals surface area contributed by atoms with Gasteiger partial charge >= 0.3 is 11.9 Å². The van der Waals surface area contributed by atoms with Crippen LogP contribution in [0.1, 0.15) is 51.7 Å². The van der Waals surface area contributed by atoms with Gasteiger partial charge in [0.2, 0.25) is 23.6 Å². The first kappa shape index (κ1) is 34.4. The number of β-lactam (4-membered cyclic amide) rings is 2. The Bertz CT molecular complexity index is 1780. The van der Waals surface area contributed by atoms with E-state index < -0.39 is 73.8 Å². The van der Waals surface area contributed by atoms with Crippen molar-refractivity contribution in [1.29, 1.82) is 0 Å². The van der Waals surface area contributed by atoms with Crippen LogP contribution in [0.25, 0.3) is 0 Å². The summed E-state index contributed by atoms with van der Waals surface area (Å²) in [6.07, 6.45) is 2.35. The normalized spacial score (nSPS) is 33.6. The van der Waals surface area contributed by atoms with Crippen LogP contribution in [0, 0.1) is 0 Å². The zero-order valence-corrected chi connectivity index (χ0v) is 30.0. The number of carbonyl (C=O) groups excluding carboxylic acids is 7. The van der Waals surface area contributed by atoms with Crippen molar-refractivity contribution >= 4 is 64.9 Å². The predicted molar refractivity (Wildman–Crippen MR) is 180 cm³/mol. The number of amides is 4. The number of rotatable bonds is 8. The second-order valence-electron chi connectivity index (χ2n) is 14.5. The highest BCUT2D eigenvalue weighted by molar-refractivity contribution is 8.02. The van der Waals surface area contributed by atoms with Crippen molar-refractivity contribution in [3.05, 3.63) is 41.5 Å². The first-order valence-electron chi connectivity index (χ1n) is 16.3. The van der Waals surface area contributed by atoms with E-state index in [2.05, 4.69) is 10.6 Å². The van der Waals surface area contributed by atoms with Crippen LogP contribution >= 0.6 is 23.5 Å². The molecule has 8 unspecified atom stereocenters. The second kappa shape index (κ2) is 11.8. The fraction of sp³-hybridized carbons (Fsp3) is 0.559. The molecular weight excluding hydrogens is 689 g/mol. The first-order valence-corrected chi connectivity index (χ1v) is 18.1. The zero-order valence-electron chi connectivity index (χ0n) is 28.3. The van der Waals surface area contributed by atoms with E-state index in [1.807, 2.05) is 27.7 Å². The Morgan fingerprint density at radius 1 is 0.860 bits per heavy atom. The van der Waals surface area contributed by atoms with E-state index in [0.29, 0.717) is 16.9 Å². The minimum Gasteiger partial charge on any atom is -0.488 e. The average Bonchev–Trinajstić information content (AvgIpc) is 3.61. The average molecular weight is 727 g/mol. The molecule has 5 aliphatic heterocycles. The van der Waals surface area contributed by atoms with Gasteiger partial charge in [-0.2, -0.15) is 0 Å². The number of fused-ring (bicyclic) bond motifs is 5. The minimum absolute atomic E-state index is 0.0418. The first-order chi connectivity index (χ1) is 23.5. The van der Waals surface area contributed by atoms with Crippen LogP contribution in [0.5, 0.6) is 5.75 Å². The number of hydrogen-bond acceptors (Lipinski definition) is 12. The van der Waals surface area contributed by atoms with Gasteiger partial charge < -0.3 is 34.6 Å². The van der Waals surface area contributed by atoms with Gasteiger partial charge in [0.15, 0.2) is 5.78 Å². The maximum absolute atomic E-state index is 13.6. The molecule has 4 fully saturated rings. The fourth-order valence-corrected chi connectivity index (χ4v) is 11.4. The molecule has 4 saturated heterocycles. The van der Waals surface area contributed by atoms with Gasteiger partial charge in [-0.05, 0) is 45.4 Å². The van der Waals surface area contributed by atoms with Crippen LogP contribution in [0.2, 0.25) is 0 Å². The highest BCUT2D eigenvalue weighted by Gasteiger charge is 2.66. The van der Waals surface area contributed by atoms with E-state index >= 15 is 0 Å². The van der Waals surface area contributed by atoms with E-state index in [-0.39, 0.29) is 42.8 Å². The summed E-state index contributed by atoms with van der Waals surface area (Å²) in [6.45, 7) is 7.45. The lowest BCUT2D eigenvalue weighted by Gasteiger charge is -2.44. The van der Waals surface area contributed by atoms with Crippen LogP contribution < -0.4 is 15.4 Å². The molecule has 1 aromatic rings. The lowest BCUT2D eigenvalue weighted by molar-refractivity contribution is -0.162. The van der Waals surface area contributed by atoms with Gasteiger partial charge in [0.05, 0.1) is 26.1 Å². The molecule has 5 heterocycles. The molecule has 2 N–H and O–H groups in total. The number of nitrogens with one attached hydrogen (secondary N) is 2. The Morgan fingerprint density at radius 3 is 1.94 bits per heavy atom. The summed E-state index contributed by atoms with van der Waals surface area (Å²) in [6, 6.07) is 2.14. The molecule has 7 rings (SSSR count). The smallest absolute Gasteiger partial charge is 0.330 e. The van der Waals surface area contributed by atoms with Crippen molar-refractivity contribution in [2.45, 2.75) is 103 Å². The van der Waals surface area contributed by atoms with Crippen molar-refractivity contribution < 1.29 is 47.8 Å². The van der Waals surface area contributed by atoms with Gasteiger partial charge in [-0.25, -0.2) is 9.59 Å². The van der Waals surface area contributed by atoms with Gasteiger partial charge in [-0.3, -0.25) is 24.0 Å². The predicted octanol–water partition coefficient (Wildman–Crippen LogP) is 0.587. The summed E-state index contributed by atoms with van der Waals surface area (Å²) < 4.78 is 14.9. The van der Waals surface area contributed by atoms with Crippen LogP contribution in [0.3, 0.4) is 0 Å². The van der Waals surface area contributed by atoms with Crippen molar-refractivity contribution in [3.8, 4) is 5.75 Å². The molecule has 266 valence electrons. The number of thioether (sulfide) groups is 2. The van der Waals surface area contributed by atoms with Crippen molar-refractivity contribution in [3.63, 3.8) is 0 Å². The number of hydrogen-bond donors (Lipinski definition) is 2. The summed E-state index contributed by atoms with van der Waals surface area (Å²) >= 11 is 2.87. The molecule has 6 aliphatic rings. The summed E-state index contributed by atoms with van der Waals surface area (Å²) in [5.74, 6) is -2.21. The largest absolute Gasteiger partial charge is 0.488 e. The van der Waals surface area contributed by atoms with Crippen molar-refractivity contribution in [1.82, 2.24) is 20.4 Å². The maximum atomic E-state index is 13.6. The van der Waals surface area contributed by atoms with Crippen molar-refractivity contribution in [2.75, 3.05) is 14.2 Å². The molecule has 0 bridgehead atoms. The Morgan fingerprint density at radius 2 is 1.40 bits per heavy atom. The molecule has 0 radical (unpaired) electrons. The Labute approximate surface area is 296 Å². The van der Waals surface area contributed by atoms with Crippen LogP contribution in [-0.2, 0) is 54.9 Å². The van der Waals surface area contributed by atoms with Crippen LogP contribution in [0.4, 0.5) is 0 Å². The third-order valence-corrected chi connectivity index (χ3v) is 13.7. The minimum atomic E-state index is -0.984. The zero-order chi connectivity index (χ0) is 36.1. The molecule has 0 aromatic heterocycles. The lowest BCUT2D eigenvalue weighted by Crippen LogP contribution is -2.71. The molecule has 16 heteroatoms. The van der Waals surface area contributed by atoms with E-state index in [0.717, 1.165) is 0 Å². The standard InChI is InChI=1S/C34H38N4O10S2/c1-32(2)24(30(44)46-5)37-26(42)22(28(37)49-32)35-20(40)12-15-7-8-17-18(11-15)48-19-13-16(39)9-10-34(17,19)14-21(41)36-23-27(43)38-25(31(45)47-6)33(3,4)50-29(23)38/h7-11,19,22-25,28-29H,12-14H2,1-6H3,(H,35,40)(H,36,41). The number of ketones is 1. The van der Waals surface area contributed by atoms with Gasteiger partial charge in [0.1, 0.15) is 46.8 Å². The third kappa shape index (κ3) is 5.11. The molecule has 0 spiro atoms. The Hall–Kier alpha value is -4.05. The van der Waals surface area contributed by atoms with Gasteiger partial charge in [0, 0.05) is 27.9 Å². The molecular formula is C34H38N4O10S2. The fourth-order valence-electron chi connectivity index (χ4n) is 8.15. The van der Waals surface area contributed by atoms with Gasteiger partial charge in [-0.15, -0.1) is 23.5 Å². The molecule has 0 saturated carbocycles. The Kier molecular flexibility index (Phi) is 8.09. The Balaban J connectivity index is 1.03. The van der Waals surface area contributed by atoms with Crippen LogP contribution in [0.15, 0.2) is 30.4 Å². The number of benzene rings is 1. The monoisotopic (exact) mass is 726 g/mol. The number of ether oxygens (including phenoxy) is 3. The van der Waals surface area contributed by atoms with Gasteiger partial charge in [0.25, 0.3) is 0 Å². The van der Waals surface area contributed by atoms with Crippen molar-refractivity contribution in [2.24, 2.45) is 0 Å². The summed E-state index contributed by atoms with van der Waals surface area (Å²) in [5, 5.41) is 4.87. The molecule has 50 heavy (non-hydrogen) atoms. The van der Waals surface area contributed by atoms with E-state index in [4.69, 9.17) is 14.2 Å². The molecule has 4 amide bonds. The number of nitrogens with zero attached hydrogens (tertiary/aromatic N) is 2. The van der Waals surface area contributed by atoms with Gasteiger partial charge in [-0.1, -0.05) is 18.2 Å². The molecule has 1 aromatic carbocycles. The van der Waals surface area contributed by atoms with Crippen LogP contribution in [-0.4, -0.2) is 116 Å². The number of carbonyl (C=O) groups is 7. The topological polar surface area (TPSA) is 178 Å². The quantitative estimate of drug-likeness (QED) is 0.282. The van der Waals surface area contributed by atoms with E-state index in [9.17, 15) is 33.6 Å². The number of methoxy groups -OCH3 is 2. The summed E-state index contributed by atoms with van der Waals surface area (Å²) in [4.78, 5) is 93.2. The maximum Gasteiger partial charge on any atom is 0.330 e. The lowest BCUT2D eigenvalue weighted by atomic mass is 9.70. The summed E-state index contributed by atoms with van der Waals surface area (Å²) in [5.41, 5.74) is 0.297. The number of allylic oxidation sites excluding steroid dienone is 1. The van der Waals surface area contributed by atoms with E-state index in [1.54, 1.807) is 24.3 Å². The molecule has 8 atom stereocenters. The number of esters is 2. The summed E-state index contributed by atoms with van der Waals surface area (Å²) in [7, 11) is 2.56. The third-order valence-electron chi connectivity index (χ3n) is 10.5. The van der Waals surface area contributed by atoms with E-state index in [1.165, 1.54) is 53.6 Å².